The summed E-state index contributed by atoms with van der Waals surface area (Å²) < 4.78 is 36.2. The molecule has 1 aromatic rings. The first-order valence-electron chi connectivity index (χ1n) is 3.67. The van der Waals surface area contributed by atoms with Gasteiger partial charge in [-0.05, 0) is 6.92 Å². The number of alkyl halides is 3. The lowest BCUT2D eigenvalue weighted by molar-refractivity contribution is -0.140. The molecule has 13 heavy (non-hydrogen) atoms. The molecule has 1 heterocycles. The number of nitrogens with two attached hydrogens (primary N) is 1. The average Bonchev–Trinajstić information content (AvgIpc) is 2.32. The first kappa shape index (κ1) is 10.5. The maximum atomic E-state index is 12.1. The van der Waals surface area contributed by atoms with Crippen molar-refractivity contribution < 1.29 is 13.2 Å². The van der Waals surface area contributed by atoms with Crippen molar-refractivity contribution in [3.63, 3.8) is 0 Å². The van der Waals surface area contributed by atoms with Gasteiger partial charge < -0.3 is 5.73 Å². The standard InChI is InChI=1S/C7H9F3N2S/c1-4(11)2-6-12-5(3-13-6)7(8,9)10/h3-4H,2,11H2,1H3. The molecule has 0 aliphatic heterocycles. The average molecular weight is 210 g/mol. The Kier molecular flexibility index (Phi) is 2.92. The van der Waals surface area contributed by atoms with Crippen LogP contribution in [0.15, 0.2) is 5.38 Å². The summed E-state index contributed by atoms with van der Waals surface area (Å²) in [6, 6.07) is -0.160. The highest BCUT2D eigenvalue weighted by atomic mass is 32.1. The predicted octanol–water partition coefficient (Wildman–Crippen LogP) is 2.05. The van der Waals surface area contributed by atoms with Gasteiger partial charge in [-0.2, -0.15) is 13.2 Å². The second kappa shape index (κ2) is 3.63. The largest absolute Gasteiger partial charge is 0.434 e. The quantitative estimate of drug-likeness (QED) is 0.811. The number of rotatable bonds is 2. The van der Waals surface area contributed by atoms with Crippen LogP contribution in [0.25, 0.3) is 0 Å². The Morgan fingerprint density at radius 2 is 2.23 bits per heavy atom. The van der Waals surface area contributed by atoms with Crippen molar-refractivity contribution in [2.75, 3.05) is 0 Å². The smallest absolute Gasteiger partial charge is 0.328 e. The Labute approximate surface area is 77.6 Å². The Morgan fingerprint density at radius 1 is 1.62 bits per heavy atom. The van der Waals surface area contributed by atoms with Gasteiger partial charge in [0.25, 0.3) is 0 Å². The summed E-state index contributed by atoms with van der Waals surface area (Å²) in [6.45, 7) is 1.73. The second-order valence-corrected chi connectivity index (χ2v) is 3.75. The van der Waals surface area contributed by atoms with E-state index in [2.05, 4.69) is 4.98 Å². The fourth-order valence-corrected chi connectivity index (χ4v) is 1.75. The molecule has 0 bridgehead atoms. The SMILES string of the molecule is CC(N)Cc1nc(C(F)(F)F)cs1. The Bertz CT molecular complexity index is 280. The molecule has 74 valence electrons. The van der Waals surface area contributed by atoms with E-state index in [0.717, 1.165) is 16.7 Å². The Balaban J connectivity index is 2.75. The van der Waals surface area contributed by atoms with Gasteiger partial charge >= 0.3 is 6.18 Å². The Morgan fingerprint density at radius 3 is 2.62 bits per heavy atom. The number of halogens is 3. The van der Waals surface area contributed by atoms with E-state index in [-0.39, 0.29) is 6.04 Å². The van der Waals surface area contributed by atoms with Crippen LogP contribution in [0, 0.1) is 0 Å². The third-order valence-corrected chi connectivity index (χ3v) is 2.21. The Hall–Kier alpha value is -0.620. The van der Waals surface area contributed by atoms with E-state index in [0.29, 0.717) is 11.4 Å². The molecule has 0 radical (unpaired) electrons. The lowest BCUT2D eigenvalue weighted by Gasteiger charge is -2.01. The summed E-state index contributed by atoms with van der Waals surface area (Å²) in [5.41, 5.74) is 4.60. The van der Waals surface area contributed by atoms with Gasteiger partial charge in [-0.3, -0.25) is 0 Å². The van der Waals surface area contributed by atoms with Crippen molar-refractivity contribution in [3.05, 3.63) is 16.1 Å². The maximum absolute atomic E-state index is 12.1. The highest BCUT2D eigenvalue weighted by Gasteiger charge is 2.33. The van der Waals surface area contributed by atoms with Gasteiger partial charge in [0.1, 0.15) is 0 Å². The van der Waals surface area contributed by atoms with E-state index in [1.807, 2.05) is 0 Å². The zero-order chi connectivity index (χ0) is 10.1. The molecule has 6 heteroatoms. The van der Waals surface area contributed by atoms with Gasteiger partial charge in [0.05, 0.1) is 5.01 Å². The zero-order valence-corrected chi connectivity index (χ0v) is 7.75. The normalized spacial score (nSPS) is 14.5. The van der Waals surface area contributed by atoms with E-state index in [1.54, 1.807) is 6.92 Å². The molecule has 0 fully saturated rings. The number of hydrogen-bond acceptors (Lipinski definition) is 3. The van der Waals surface area contributed by atoms with Gasteiger partial charge in [0.15, 0.2) is 5.69 Å². The summed E-state index contributed by atoms with van der Waals surface area (Å²) in [4.78, 5) is 3.44. The highest BCUT2D eigenvalue weighted by molar-refractivity contribution is 7.09. The first-order valence-corrected chi connectivity index (χ1v) is 4.54. The molecule has 1 aromatic heterocycles. The van der Waals surface area contributed by atoms with E-state index in [9.17, 15) is 13.2 Å². The van der Waals surface area contributed by atoms with Crippen LogP contribution in [0.1, 0.15) is 17.6 Å². The fourth-order valence-electron chi connectivity index (χ4n) is 0.810. The molecule has 1 rings (SSSR count). The van der Waals surface area contributed by atoms with E-state index in [1.165, 1.54) is 0 Å². The molecule has 1 atom stereocenters. The van der Waals surface area contributed by atoms with Crippen LogP contribution in [0.5, 0.6) is 0 Å². The monoisotopic (exact) mass is 210 g/mol. The molecule has 0 aliphatic carbocycles. The molecule has 0 aromatic carbocycles. The van der Waals surface area contributed by atoms with Gasteiger partial charge in [-0.25, -0.2) is 4.98 Å². The third-order valence-electron chi connectivity index (χ3n) is 1.34. The van der Waals surface area contributed by atoms with Gasteiger partial charge in [0.2, 0.25) is 0 Å². The highest BCUT2D eigenvalue weighted by Crippen LogP contribution is 2.30. The number of thiazole rings is 1. The lowest BCUT2D eigenvalue weighted by atomic mass is 10.3. The summed E-state index contributed by atoms with van der Waals surface area (Å²) in [7, 11) is 0. The van der Waals surface area contributed by atoms with E-state index >= 15 is 0 Å². The van der Waals surface area contributed by atoms with Crippen molar-refractivity contribution in [3.8, 4) is 0 Å². The van der Waals surface area contributed by atoms with Crippen LogP contribution < -0.4 is 5.73 Å². The van der Waals surface area contributed by atoms with Crippen molar-refractivity contribution in [1.29, 1.82) is 0 Å². The summed E-state index contributed by atoms with van der Waals surface area (Å²) in [6.07, 6.45) is -3.95. The molecule has 0 saturated heterocycles. The maximum Gasteiger partial charge on any atom is 0.434 e. The van der Waals surface area contributed by atoms with Crippen molar-refractivity contribution in [2.45, 2.75) is 25.6 Å². The van der Waals surface area contributed by atoms with Gasteiger partial charge in [0, 0.05) is 17.8 Å². The topological polar surface area (TPSA) is 38.9 Å². The molecule has 1 unspecified atom stereocenters. The molecule has 2 nitrogen and oxygen atoms in total. The number of hydrogen-bond donors (Lipinski definition) is 1. The summed E-state index contributed by atoms with van der Waals surface area (Å²) >= 11 is 0.994. The van der Waals surface area contributed by atoms with E-state index in [4.69, 9.17) is 5.73 Å². The molecular weight excluding hydrogens is 201 g/mol. The second-order valence-electron chi connectivity index (χ2n) is 2.81. The van der Waals surface area contributed by atoms with Gasteiger partial charge in [-0.15, -0.1) is 11.3 Å². The van der Waals surface area contributed by atoms with Crippen LogP contribution in [0.4, 0.5) is 13.2 Å². The molecule has 0 saturated carbocycles. The molecule has 0 aliphatic rings. The van der Waals surface area contributed by atoms with Gasteiger partial charge in [-0.1, -0.05) is 0 Å². The van der Waals surface area contributed by atoms with Crippen LogP contribution in [-0.2, 0) is 12.6 Å². The predicted molar refractivity (Wildman–Crippen MR) is 44.5 cm³/mol. The fraction of sp³-hybridized carbons (Fsp3) is 0.571. The molecular formula is C7H9F3N2S. The summed E-state index contributed by atoms with van der Waals surface area (Å²) in [5, 5.41) is 1.44. The zero-order valence-electron chi connectivity index (χ0n) is 6.93. The first-order chi connectivity index (χ1) is 5.89. The minimum absolute atomic E-state index is 0.160. The molecule has 2 N–H and O–H groups in total. The van der Waals surface area contributed by atoms with Crippen LogP contribution >= 0.6 is 11.3 Å². The molecule has 0 amide bonds. The van der Waals surface area contributed by atoms with Crippen LogP contribution in [-0.4, -0.2) is 11.0 Å². The minimum atomic E-state index is -4.34. The van der Waals surface area contributed by atoms with Crippen molar-refractivity contribution >= 4 is 11.3 Å². The van der Waals surface area contributed by atoms with Crippen LogP contribution in [0.2, 0.25) is 0 Å². The molecule has 0 spiro atoms. The van der Waals surface area contributed by atoms with Crippen molar-refractivity contribution in [2.24, 2.45) is 5.73 Å². The van der Waals surface area contributed by atoms with Crippen LogP contribution in [0.3, 0.4) is 0 Å². The minimum Gasteiger partial charge on any atom is -0.328 e. The van der Waals surface area contributed by atoms with E-state index < -0.39 is 11.9 Å². The number of aromatic nitrogens is 1. The lowest BCUT2D eigenvalue weighted by Crippen LogP contribution is -2.17. The summed E-state index contributed by atoms with van der Waals surface area (Å²) in [5.74, 6) is 0. The third kappa shape index (κ3) is 2.96. The number of nitrogens with zero attached hydrogens (tertiary/aromatic N) is 1. The van der Waals surface area contributed by atoms with Crippen molar-refractivity contribution in [1.82, 2.24) is 4.98 Å².